The van der Waals surface area contributed by atoms with Crippen molar-refractivity contribution in [2.75, 3.05) is 4.90 Å². The Kier molecular flexibility index (Phi) is 7.91. The van der Waals surface area contributed by atoms with Crippen molar-refractivity contribution >= 4 is 33.3 Å². The quantitative estimate of drug-likeness (QED) is 0.170. The number of furan rings is 1. The van der Waals surface area contributed by atoms with Crippen molar-refractivity contribution in [2.45, 2.75) is 19.3 Å². The molecule has 2 nitrogen and oxygen atoms in total. The van der Waals surface area contributed by atoms with Gasteiger partial charge in [0.15, 0.2) is 0 Å². The van der Waals surface area contributed by atoms with Crippen molar-refractivity contribution < 1.29 is 4.42 Å². The first kappa shape index (κ1) is 30.7. The molecule has 2 heteroatoms. The zero-order valence-electron chi connectivity index (χ0n) is 28.5. The van der Waals surface area contributed by atoms with Crippen molar-refractivity contribution in [2.24, 2.45) is 0 Å². The van der Waals surface area contributed by atoms with Crippen molar-refractivity contribution in [3.8, 4) is 33.4 Å². The zero-order chi connectivity index (χ0) is 34.1. The number of rotatable bonds is 7. The second-order valence-corrected chi connectivity index (χ2v) is 13.4. The van der Waals surface area contributed by atoms with Gasteiger partial charge in [0.05, 0.1) is 0 Å². The summed E-state index contributed by atoms with van der Waals surface area (Å²) in [5, 5.41) is 2.29. The van der Waals surface area contributed by atoms with E-state index in [2.05, 4.69) is 188 Å². The molecule has 8 aromatic rings. The molecule has 0 fully saturated rings. The highest BCUT2D eigenvalue weighted by molar-refractivity contribution is 6.06. The van der Waals surface area contributed by atoms with Gasteiger partial charge in [-0.05, 0) is 101 Å². The summed E-state index contributed by atoms with van der Waals surface area (Å²) in [5.41, 5.74) is 15.1. The molecule has 1 aliphatic carbocycles. The summed E-state index contributed by atoms with van der Waals surface area (Å²) in [4.78, 5) is 2.38. The lowest BCUT2D eigenvalue weighted by atomic mass is 9.90. The first-order valence-electron chi connectivity index (χ1n) is 17.7. The minimum atomic E-state index is 0.334. The number of allylic oxidation sites excluding steroid dienone is 3. The molecule has 0 aliphatic heterocycles. The lowest BCUT2D eigenvalue weighted by Crippen LogP contribution is -2.17. The molecule has 0 N–H and O–H groups in total. The summed E-state index contributed by atoms with van der Waals surface area (Å²) >= 11 is 0. The molecule has 244 valence electrons. The molecule has 9 rings (SSSR count). The van der Waals surface area contributed by atoms with Crippen molar-refractivity contribution in [3.05, 3.63) is 205 Å². The van der Waals surface area contributed by atoms with E-state index in [0.717, 1.165) is 39.7 Å². The Morgan fingerprint density at radius 3 is 1.67 bits per heavy atom. The zero-order valence-corrected chi connectivity index (χ0v) is 28.5. The molecule has 1 aliphatic rings. The van der Waals surface area contributed by atoms with Gasteiger partial charge in [0.25, 0.3) is 0 Å². The fourth-order valence-corrected chi connectivity index (χ4v) is 7.28. The monoisotopic (exact) mass is 655 g/mol. The summed E-state index contributed by atoms with van der Waals surface area (Å²) in [5.74, 6) is 0.334. The van der Waals surface area contributed by atoms with Gasteiger partial charge in [-0.3, -0.25) is 0 Å². The highest BCUT2D eigenvalue weighted by atomic mass is 16.3. The van der Waals surface area contributed by atoms with Gasteiger partial charge in [0.1, 0.15) is 11.2 Å². The van der Waals surface area contributed by atoms with Gasteiger partial charge in [0, 0.05) is 33.8 Å². The number of nitrogens with zero attached hydrogens (tertiary/aromatic N) is 1. The van der Waals surface area contributed by atoms with Gasteiger partial charge in [-0.25, -0.2) is 0 Å². The van der Waals surface area contributed by atoms with Gasteiger partial charge in [-0.15, -0.1) is 0 Å². The molecule has 1 heterocycles. The van der Waals surface area contributed by atoms with Crippen molar-refractivity contribution in [1.82, 2.24) is 0 Å². The molecule has 1 atom stereocenters. The normalized spacial score (nSPS) is 14.1. The van der Waals surface area contributed by atoms with Crippen LogP contribution >= 0.6 is 0 Å². The average molecular weight is 656 g/mol. The van der Waals surface area contributed by atoms with Gasteiger partial charge < -0.3 is 9.32 Å². The molecule has 0 spiro atoms. The minimum Gasteiger partial charge on any atom is -0.456 e. The lowest BCUT2D eigenvalue weighted by Gasteiger charge is -2.29. The fourth-order valence-electron chi connectivity index (χ4n) is 7.28. The molecule has 0 bridgehead atoms. The minimum absolute atomic E-state index is 0.334. The Labute approximate surface area is 299 Å². The van der Waals surface area contributed by atoms with Crippen molar-refractivity contribution in [1.29, 1.82) is 0 Å². The SMILES string of the molecule is Cc1ccc(-c2ccc(N(C3=CCC(c4ccc(-c5ccccc5)cc4)C=C3)c3ccc(-c4ccc5oc6ccccc6c5c4)cc3)cc2)cc1. The van der Waals surface area contributed by atoms with Gasteiger partial charge in [0.2, 0.25) is 0 Å². The number of hydrogen-bond donors (Lipinski definition) is 0. The molecule has 0 amide bonds. The van der Waals surface area contributed by atoms with Crippen LogP contribution in [0.5, 0.6) is 0 Å². The third-order valence-corrected chi connectivity index (χ3v) is 10.1. The number of para-hydroxylation sites is 1. The summed E-state index contributed by atoms with van der Waals surface area (Å²) in [6.45, 7) is 2.13. The second-order valence-electron chi connectivity index (χ2n) is 13.4. The van der Waals surface area contributed by atoms with Crippen LogP contribution in [0.15, 0.2) is 198 Å². The Morgan fingerprint density at radius 2 is 1.02 bits per heavy atom. The number of hydrogen-bond acceptors (Lipinski definition) is 2. The molecular formula is C49H37NO. The van der Waals surface area contributed by atoms with Crippen LogP contribution in [0.25, 0.3) is 55.3 Å². The maximum absolute atomic E-state index is 6.09. The van der Waals surface area contributed by atoms with E-state index in [-0.39, 0.29) is 0 Å². The van der Waals surface area contributed by atoms with Gasteiger partial charge in [-0.1, -0.05) is 145 Å². The summed E-state index contributed by atoms with van der Waals surface area (Å²) in [6, 6.07) is 61.0. The van der Waals surface area contributed by atoms with Crippen LogP contribution in [-0.4, -0.2) is 0 Å². The van der Waals surface area contributed by atoms with E-state index >= 15 is 0 Å². The third-order valence-electron chi connectivity index (χ3n) is 10.1. The van der Waals surface area contributed by atoms with E-state index in [9.17, 15) is 0 Å². The van der Waals surface area contributed by atoms with Crippen LogP contribution in [0.1, 0.15) is 23.5 Å². The number of anilines is 2. The van der Waals surface area contributed by atoms with Crippen LogP contribution in [-0.2, 0) is 0 Å². The lowest BCUT2D eigenvalue weighted by molar-refractivity contribution is 0.669. The van der Waals surface area contributed by atoms with Crippen LogP contribution in [0, 0.1) is 6.92 Å². The Hall–Kier alpha value is -6.38. The molecule has 0 saturated carbocycles. The summed E-state index contributed by atoms with van der Waals surface area (Å²) < 4.78 is 6.09. The molecular weight excluding hydrogens is 619 g/mol. The number of aryl methyl sites for hydroxylation is 1. The highest BCUT2D eigenvalue weighted by Gasteiger charge is 2.19. The maximum Gasteiger partial charge on any atom is 0.135 e. The van der Waals surface area contributed by atoms with Crippen LogP contribution < -0.4 is 4.90 Å². The molecule has 0 radical (unpaired) electrons. The largest absolute Gasteiger partial charge is 0.456 e. The number of fused-ring (bicyclic) bond motifs is 3. The molecule has 1 aromatic heterocycles. The first-order chi connectivity index (χ1) is 25.2. The topological polar surface area (TPSA) is 16.4 Å². The van der Waals surface area contributed by atoms with Crippen LogP contribution in [0.3, 0.4) is 0 Å². The fraction of sp³-hybridized carbons (Fsp3) is 0.0612. The second kappa shape index (κ2) is 13.2. The Bertz CT molecular complexity index is 2520. The van der Waals surface area contributed by atoms with Crippen LogP contribution in [0.4, 0.5) is 11.4 Å². The van der Waals surface area contributed by atoms with E-state index < -0.39 is 0 Å². The van der Waals surface area contributed by atoms with Crippen LogP contribution in [0.2, 0.25) is 0 Å². The van der Waals surface area contributed by atoms with E-state index in [0.29, 0.717) is 5.92 Å². The smallest absolute Gasteiger partial charge is 0.135 e. The molecule has 51 heavy (non-hydrogen) atoms. The van der Waals surface area contributed by atoms with E-state index in [4.69, 9.17) is 4.42 Å². The molecule has 1 unspecified atom stereocenters. The predicted octanol–water partition coefficient (Wildman–Crippen LogP) is 13.7. The average Bonchev–Trinajstić information content (AvgIpc) is 3.58. The summed E-state index contributed by atoms with van der Waals surface area (Å²) in [6.07, 6.45) is 7.97. The van der Waals surface area contributed by atoms with E-state index in [1.807, 2.05) is 12.1 Å². The Balaban J connectivity index is 1.03. The van der Waals surface area contributed by atoms with E-state index in [1.54, 1.807) is 0 Å². The Morgan fingerprint density at radius 1 is 0.490 bits per heavy atom. The summed E-state index contributed by atoms with van der Waals surface area (Å²) in [7, 11) is 0. The third kappa shape index (κ3) is 6.06. The molecule has 0 saturated heterocycles. The van der Waals surface area contributed by atoms with Gasteiger partial charge >= 0.3 is 0 Å². The number of benzene rings is 7. The highest BCUT2D eigenvalue weighted by Crippen LogP contribution is 2.38. The maximum atomic E-state index is 6.09. The first-order valence-corrected chi connectivity index (χ1v) is 17.7. The molecule has 7 aromatic carbocycles. The predicted molar refractivity (Wildman–Crippen MR) is 214 cm³/mol. The van der Waals surface area contributed by atoms with Crippen molar-refractivity contribution in [3.63, 3.8) is 0 Å². The standard InChI is InChI=1S/C49H37NO/c1-34-11-13-36(14-12-34)39-19-26-43(27-20-39)50(44-28-21-40(22-29-44)38-17-15-37(16-18-38)35-7-3-2-4-8-35)45-30-23-41(24-31-45)42-25-32-49-47(33-42)46-9-5-6-10-48(46)51-49/h2-21,23-33,40H,22H2,1H3. The van der Waals surface area contributed by atoms with E-state index in [1.165, 1.54) is 50.2 Å². The van der Waals surface area contributed by atoms with Gasteiger partial charge in [-0.2, -0.15) is 0 Å².